The number of nitrogen functional groups attached to an aromatic ring is 1. The second-order valence-electron chi connectivity index (χ2n) is 4.53. The lowest BCUT2D eigenvalue weighted by Crippen LogP contribution is -2.31. The third-order valence-electron chi connectivity index (χ3n) is 3.20. The predicted octanol–water partition coefficient (Wildman–Crippen LogP) is 0.926. The van der Waals surface area contributed by atoms with Gasteiger partial charge in [0.25, 0.3) is 5.91 Å². The molecular formula is C11H13N5O3. The highest BCUT2D eigenvalue weighted by Gasteiger charge is 2.35. The summed E-state index contributed by atoms with van der Waals surface area (Å²) in [6.45, 7) is 2.46. The summed E-state index contributed by atoms with van der Waals surface area (Å²) in [5, 5.41) is 10.8. The Morgan fingerprint density at radius 1 is 1.47 bits per heavy atom. The normalized spacial score (nSPS) is 19.0. The second-order valence-corrected chi connectivity index (χ2v) is 4.53. The molecule has 100 valence electrons. The second kappa shape index (κ2) is 4.38. The Bertz CT molecular complexity index is 605. The molecule has 3 heterocycles. The first-order valence-electron chi connectivity index (χ1n) is 5.99. The van der Waals surface area contributed by atoms with E-state index in [0.717, 1.165) is 18.5 Å². The third kappa shape index (κ3) is 1.94. The summed E-state index contributed by atoms with van der Waals surface area (Å²) in [6, 6.07) is 1.70. The number of anilines is 1. The van der Waals surface area contributed by atoms with Gasteiger partial charge in [0.15, 0.2) is 5.76 Å². The Morgan fingerprint density at radius 2 is 2.32 bits per heavy atom. The first-order chi connectivity index (χ1) is 9.16. The van der Waals surface area contributed by atoms with Crippen molar-refractivity contribution in [1.29, 1.82) is 0 Å². The number of carbonyl (C=O) groups is 1. The van der Waals surface area contributed by atoms with E-state index in [-0.39, 0.29) is 23.5 Å². The number of aryl methyl sites for hydroxylation is 1. The summed E-state index contributed by atoms with van der Waals surface area (Å²) in [7, 11) is 0. The number of rotatable bonds is 2. The van der Waals surface area contributed by atoms with Crippen LogP contribution >= 0.6 is 0 Å². The van der Waals surface area contributed by atoms with Crippen LogP contribution in [0.4, 0.5) is 5.82 Å². The molecule has 1 fully saturated rings. The molecule has 0 aromatic carbocycles. The highest BCUT2D eigenvalue weighted by Crippen LogP contribution is 2.33. The smallest absolute Gasteiger partial charge is 0.280 e. The minimum absolute atomic E-state index is 0.00407. The van der Waals surface area contributed by atoms with Crippen molar-refractivity contribution in [3.8, 4) is 0 Å². The monoisotopic (exact) mass is 263 g/mol. The van der Waals surface area contributed by atoms with Gasteiger partial charge in [0.05, 0.1) is 11.7 Å². The zero-order chi connectivity index (χ0) is 13.4. The molecule has 0 radical (unpaired) electrons. The highest BCUT2D eigenvalue weighted by atomic mass is 16.6. The third-order valence-corrected chi connectivity index (χ3v) is 3.20. The Kier molecular flexibility index (Phi) is 2.69. The lowest BCUT2D eigenvalue weighted by Gasteiger charge is -2.21. The van der Waals surface area contributed by atoms with Crippen molar-refractivity contribution in [2.45, 2.75) is 25.8 Å². The fourth-order valence-corrected chi connectivity index (χ4v) is 2.33. The number of hydrogen-bond acceptors (Lipinski definition) is 7. The fourth-order valence-electron chi connectivity index (χ4n) is 2.33. The number of carbonyl (C=O) groups excluding carboxylic acids is 1. The standard InChI is InChI=1S/C11H13N5O3/c1-6-5-8(18-13-6)7-3-2-4-16(7)11(17)9-10(12)15-19-14-9/h5,7H,2-4H2,1H3,(H2,12,15). The van der Waals surface area contributed by atoms with Crippen LogP contribution in [0, 0.1) is 6.92 Å². The van der Waals surface area contributed by atoms with Gasteiger partial charge in [-0.15, -0.1) is 0 Å². The predicted molar refractivity (Wildman–Crippen MR) is 63.0 cm³/mol. The zero-order valence-electron chi connectivity index (χ0n) is 10.4. The van der Waals surface area contributed by atoms with Crippen molar-refractivity contribution >= 4 is 11.7 Å². The van der Waals surface area contributed by atoms with Gasteiger partial charge in [0, 0.05) is 12.6 Å². The Hall–Kier alpha value is -2.38. The van der Waals surface area contributed by atoms with Crippen molar-refractivity contribution in [2.24, 2.45) is 0 Å². The molecule has 1 aliphatic heterocycles. The Labute approximate surface area is 108 Å². The van der Waals surface area contributed by atoms with Gasteiger partial charge in [-0.1, -0.05) is 5.16 Å². The molecule has 2 aromatic rings. The maximum absolute atomic E-state index is 12.3. The van der Waals surface area contributed by atoms with Gasteiger partial charge >= 0.3 is 0 Å². The summed E-state index contributed by atoms with van der Waals surface area (Å²) in [4.78, 5) is 14.0. The van der Waals surface area contributed by atoms with Crippen molar-refractivity contribution in [3.05, 3.63) is 23.2 Å². The number of amides is 1. The van der Waals surface area contributed by atoms with Crippen molar-refractivity contribution in [2.75, 3.05) is 12.3 Å². The van der Waals surface area contributed by atoms with Crippen molar-refractivity contribution in [3.63, 3.8) is 0 Å². The fraction of sp³-hybridized carbons (Fsp3) is 0.455. The first-order valence-corrected chi connectivity index (χ1v) is 5.99. The van der Waals surface area contributed by atoms with Gasteiger partial charge in [0.1, 0.15) is 0 Å². The molecular weight excluding hydrogens is 250 g/mol. The van der Waals surface area contributed by atoms with E-state index >= 15 is 0 Å². The molecule has 1 amide bonds. The van der Waals surface area contributed by atoms with Crippen LogP contribution in [0.3, 0.4) is 0 Å². The molecule has 1 atom stereocenters. The van der Waals surface area contributed by atoms with Crippen molar-refractivity contribution < 1.29 is 13.9 Å². The molecule has 0 saturated carbocycles. The molecule has 2 aromatic heterocycles. The minimum atomic E-state index is -0.296. The Balaban J connectivity index is 1.88. The van der Waals surface area contributed by atoms with Crippen LogP contribution in [-0.4, -0.2) is 32.8 Å². The van der Waals surface area contributed by atoms with Crippen LogP contribution < -0.4 is 5.73 Å². The quantitative estimate of drug-likeness (QED) is 0.857. The molecule has 3 rings (SSSR count). The van der Waals surface area contributed by atoms with E-state index < -0.39 is 0 Å². The highest BCUT2D eigenvalue weighted by molar-refractivity contribution is 5.96. The molecule has 19 heavy (non-hydrogen) atoms. The van der Waals surface area contributed by atoms with Crippen LogP contribution in [0.5, 0.6) is 0 Å². The number of likely N-dealkylation sites (tertiary alicyclic amines) is 1. The van der Waals surface area contributed by atoms with E-state index in [0.29, 0.717) is 12.3 Å². The van der Waals surface area contributed by atoms with E-state index in [1.165, 1.54) is 0 Å². The first kappa shape index (κ1) is 11.7. The summed E-state index contributed by atoms with van der Waals surface area (Å²) in [5.74, 6) is 0.387. The molecule has 0 spiro atoms. The topological polar surface area (TPSA) is 111 Å². The van der Waals surface area contributed by atoms with Crippen LogP contribution in [0.15, 0.2) is 15.2 Å². The number of aromatic nitrogens is 3. The minimum Gasteiger partial charge on any atom is -0.379 e. The van der Waals surface area contributed by atoms with Gasteiger partial charge in [-0.05, 0) is 30.1 Å². The lowest BCUT2D eigenvalue weighted by atomic mass is 10.1. The zero-order valence-corrected chi connectivity index (χ0v) is 10.4. The number of nitrogens with zero attached hydrogens (tertiary/aromatic N) is 4. The van der Waals surface area contributed by atoms with E-state index in [4.69, 9.17) is 10.3 Å². The number of hydrogen-bond donors (Lipinski definition) is 1. The molecule has 1 aliphatic rings. The maximum Gasteiger partial charge on any atom is 0.280 e. The van der Waals surface area contributed by atoms with E-state index in [2.05, 4.69) is 20.1 Å². The van der Waals surface area contributed by atoms with E-state index in [1.807, 2.05) is 13.0 Å². The molecule has 1 unspecified atom stereocenters. The van der Waals surface area contributed by atoms with Gasteiger partial charge in [-0.3, -0.25) is 4.79 Å². The molecule has 8 heteroatoms. The molecule has 8 nitrogen and oxygen atoms in total. The molecule has 2 N–H and O–H groups in total. The summed E-state index contributed by atoms with van der Waals surface area (Å²) in [5.41, 5.74) is 6.38. The van der Waals surface area contributed by atoms with E-state index in [9.17, 15) is 4.79 Å². The van der Waals surface area contributed by atoms with Gasteiger partial charge in [0.2, 0.25) is 11.5 Å². The van der Waals surface area contributed by atoms with Crippen LogP contribution in [0.1, 0.15) is 40.8 Å². The molecule has 0 aliphatic carbocycles. The Morgan fingerprint density at radius 3 is 2.95 bits per heavy atom. The number of nitrogens with two attached hydrogens (primary N) is 1. The van der Waals surface area contributed by atoms with Gasteiger partial charge in [-0.2, -0.15) is 0 Å². The molecule has 0 bridgehead atoms. The molecule has 1 saturated heterocycles. The maximum atomic E-state index is 12.3. The lowest BCUT2D eigenvalue weighted by molar-refractivity contribution is 0.0704. The summed E-state index contributed by atoms with van der Waals surface area (Å²) < 4.78 is 9.70. The van der Waals surface area contributed by atoms with Crippen LogP contribution in [0.2, 0.25) is 0 Å². The van der Waals surface area contributed by atoms with Crippen LogP contribution in [-0.2, 0) is 0 Å². The SMILES string of the molecule is Cc1cc(C2CCCN2C(=O)c2nonc2N)on1. The van der Waals surface area contributed by atoms with E-state index in [1.54, 1.807) is 4.90 Å². The summed E-state index contributed by atoms with van der Waals surface area (Å²) >= 11 is 0. The van der Waals surface area contributed by atoms with Crippen molar-refractivity contribution in [1.82, 2.24) is 20.4 Å². The van der Waals surface area contributed by atoms with Gasteiger partial charge < -0.3 is 15.2 Å². The average molecular weight is 263 g/mol. The van der Waals surface area contributed by atoms with Crippen LogP contribution in [0.25, 0.3) is 0 Å². The largest absolute Gasteiger partial charge is 0.379 e. The average Bonchev–Trinajstić information content (AvgIpc) is 3.07. The van der Waals surface area contributed by atoms with Gasteiger partial charge in [-0.25, -0.2) is 4.63 Å². The summed E-state index contributed by atoms with van der Waals surface area (Å²) in [6.07, 6.45) is 1.72.